The van der Waals surface area contributed by atoms with Crippen molar-refractivity contribution in [1.82, 2.24) is 5.32 Å². The number of carbonyl (C=O) groups excluding carboxylic acids is 1. The summed E-state index contributed by atoms with van der Waals surface area (Å²) >= 11 is 5.81. The van der Waals surface area contributed by atoms with Gasteiger partial charge in [0, 0.05) is 16.8 Å². The minimum Gasteiger partial charge on any atom is -0.325 e. The van der Waals surface area contributed by atoms with Crippen molar-refractivity contribution in [3.05, 3.63) is 29.3 Å². The van der Waals surface area contributed by atoms with E-state index in [4.69, 9.17) is 11.6 Å². The van der Waals surface area contributed by atoms with Gasteiger partial charge in [-0.2, -0.15) is 0 Å². The van der Waals surface area contributed by atoms with Crippen molar-refractivity contribution in [1.29, 1.82) is 0 Å². The molecule has 7 heteroatoms. The van der Waals surface area contributed by atoms with Gasteiger partial charge >= 0.3 is 0 Å². The minimum absolute atomic E-state index is 0.0900. The van der Waals surface area contributed by atoms with Crippen LogP contribution in [-0.2, 0) is 14.6 Å². The molecule has 19 heavy (non-hydrogen) atoms. The van der Waals surface area contributed by atoms with E-state index in [1.165, 1.54) is 0 Å². The number of hydrogen-bond donors (Lipinski definition) is 2. The summed E-state index contributed by atoms with van der Waals surface area (Å²) in [6.07, 6.45) is 0.562. The molecule has 1 amide bonds. The lowest BCUT2D eigenvalue weighted by Crippen LogP contribution is -2.36. The predicted molar refractivity (Wildman–Crippen MR) is 75.1 cm³/mol. The summed E-state index contributed by atoms with van der Waals surface area (Å²) in [5.41, 5.74) is 0.623. The van der Waals surface area contributed by atoms with Crippen LogP contribution in [0.1, 0.15) is 6.42 Å². The molecule has 1 heterocycles. The summed E-state index contributed by atoms with van der Waals surface area (Å²) in [4.78, 5) is 11.7. The number of anilines is 1. The van der Waals surface area contributed by atoms with Crippen molar-refractivity contribution in [2.24, 2.45) is 0 Å². The maximum atomic E-state index is 11.7. The van der Waals surface area contributed by atoms with Gasteiger partial charge in [0.25, 0.3) is 0 Å². The third-order valence-electron chi connectivity index (χ3n) is 2.89. The first-order valence-corrected chi connectivity index (χ1v) is 8.14. The van der Waals surface area contributed by atoms with Gasteiger partial charge in [-0.25, -0.2) is 8.42 Å². The zero-order chi connectivity index (χ0) is 13.9. The number of hydrogen-bond acceptors (Lipinski definition) is 4. The van der Waals surface area contributed by atoms with Gasteiger partial charge in [-0.15, -0.1) is 0 Å². The molecule has 0 bridgehead atoms. The fourth-order valence-electron chi connectivity index (χ4n) is 1.96. The third kappa shape index (κ3) is 4.49. The maximum Gasteiger partial charge on any atom is 0.238 e. The molecule has 1 saturated heterocycles. The third-order valence-corrected chi connectivity index (χ3v) is 4.90. The van der Waals surface area contributed by atoms with Gasteiger partial charge in [0.2, 0.25) is 5.91 Å². The van der Waals surface area contributed by atoms with E-state index in [1.54, 1.807) is 24.3 Å². The topological polar surface area (TPSA) is 75.3 Å². The van der Waals surface area contributed by atoms with Crippen molar-refractivity contribution >= 4 is 33.0 Å². The van der Waals surface area contributed by atoms with E-state index in [-0.39, 0.29) is 30.0 Å². The van der Waals surface area contributed by atoms with Gasteiger partial charge in [0.15, 0.2) is 9.84 Å². The highest BCUT2D eigenvalue weighted by Crippen LogP contribution is 2.15. The summed E-state index contributed by atoms with van der Waals surface area (Å²) in [5, 5.41) is 6.19. The van der Waals surface area contributed by atoms with E-state index in [1.807, 2.05) is 0 Å². The normalized spacial score (nSPS) is 21.2. The van der Waals surface area contributed by atoms with Crippen LogP contribution in [0.2, 0.25) is 5.02 Å². The molecular weight excluding hydrogens is 288 g/mol. The van der Waals surface area contributed by atoms with Gasteiger partial charge in [-0.05, 0) is 24.6 Å². The first-order chi connectivity index (χ1) is 8.94. The van der Waals surface area contributed by atoms with E-state index in [0.717, 1.165) is 0 Å². The van der Waals surface area contributed by atoms with Crippen LogP contribution in [0.5, 0.6) is 0 Å². The molecule has 1 aromatic rings. The molecule has 2 N–H and O–H groups in total. The second kappa shape index (κ2) is 5.90. The number of benzene rings is 1. The molecule has 1 aliphatic rings. The van der Waals surface area contributed by atoms with E-state index in [9.17, 15) is 13.2 Å². The van der Waals surface area contributed by atoms with Crippen molar-refractivity contribution in [3.8, 4) is 0 Å². The molecule has 1 fully saturated rings. The maximum absolute atomic E-state index is 11.7. The number of carbonyl (C=O) groups is 1. The van der Waals surface area contributed by atoms with Crippen molar-refractivity contribution in [2.45, 2.75) is 12.5 Å². The van der Waals surface area contributed by atoms with Crippen LogP contribution in [0.25, 0.3) is 0 Å². The molecule has 1 atom stereocenters. The predicted octanol–water partition coefficient (Wildman–Crippen LogP) is 1.06. The van der Waals surface area contributed by atoms with Gasteiger partial charge in [-0.1, -0.05) is 17.7 Å². The zero-order valence-electron chi connectivity index (χ0n) is 10.2. The highest BCUT2D eigenvalue weighted by Gasteiger charge is 2.27. The first kappa shape index (κ1) is 14.3. The number of sulfone groups is 1. The lowest BCUT2D eigenvalue weighted by atomic mass is 10.2. The molecule has 104 valence electrons. The van der Waals surface area contributed by atoms with E-state index >= 15 is 0 Å². The van der Waals surface area contributed by atoms with Gasteiger partial charge in [0.05, 0.1) is 18.1 Å². The Balaban J connectivity index is 1.79. The largest absolute Gasteiger partial charge is 0.325 e. The molecule has 5 nitrogen and oxygen atoms in total. The quantitative estimate of drug-likeness (QED) is 0.872. The molecule has 2 rings (SSSR count). The summed E-state index contributed by atoms with van der Waals surface area (Å²) in [5.74, 6) is 0.0875. The first-order valence-electron chi connectivity index (χ1n) is 5.94. The highest BCUT2D eigenvalue weighted by atomic mass is 35.5. The average molecular weight is 303 g/mol. The summed E-state index contributed by atoms with van der Waals surface area (Å²) < 4.78 is 22.5. The van der Waals surface area contributed by atoms with Crippen LogP contribution in [0, 0.1) is 0 Å². The Labute approximate surface area is 117 Å². The molecular formula is C12H15ClN2O3S. The van der Waals surface area contributed by atoms with Gasteiger partial charge in [-0.3, -0.25) is 4.79 Å². The molecule has 0 aliphatic carbocycles. The molecule has 0 saturated carbocycles. The van der Waals surface area contributed by atoms with E-state index in [0.29, 0.717) is 17.1 Å². The minimum atomic E-state index is -2.92. The van der Waals surface area contributed by atoms with Crippen LogP contribution in [0.4, 0.5) is 5.69 Å². The Kier molecular flexibility index (Phi) is 4.44. The van der Waals surface area contributed by atoms with Crippen LogP contribution in [0.15, 0.2) is 24.3 Å². The smallest absolute Gasteiger partial charge is 0.238 e. The SMILES string of the molecule is O=C(CNC1CCS(=O)(=O)C1)Nc1cccc(Cl)c1. The molecule has 1 aliphatic heterocycles. The van der Waals surface area contributed by atoms with E-state index in [2.05, 4.69) is 10.6 Å². The summed E-state index contributed by atoms with van der Waals surface area (Å²) in [6.45, 7) is 0.0900. The Morgan fingerprint density at radius 3 is 2.84 bits per heavy atom. The molecule has 1 unspecified atom stereocenters. The average Bonchev–Trinajstić information content (AvgIpc) is 2.66. The van der Waals surface area contributed by atoms with Crippen molar-refractivity contribution < 1.29 is 13.2 Å². The lowest BCUT2D eigenvalue weighted by molar-refractivity contribution is -0.115. The highest BCUT2D eigenvalue weighted by molar-refractivity contribution is 7.91. The Bertz CT molecular complexity index is 574. The fraction of sp³-hybridized carbons (Fsp3) is 0.417. The number of amides is 1. The van der Waals surface area contributed by atoms with Gasteiger partial charge in [0.1, 0.15) is 0 Å². The molecule has 1 aromatic carbocycles. The van der Waals surface area contributed by atoms with Crippen molar-refractivity contribution in [2.75, 3.05) is 23.4 Å². The Morgan fingerprint density at radius 1 is 1.42 bits per heavy atom. The summed E-state index contributed by atoms with van der Waals surface area (Å²) in [7, 11) is -2.92. The Morgan fingerprint density at radius 2 is 2.21 bits per heavy atom. The molecule has 0 aromatic heterocycles. The zero-order valence-corrected chi connectivity index (χ0v) is 11.8. The fourth-order valence-corrected chi connectivity index (χ4v) is 3.86. The number of rotatable bonds is 4. The van der Waals surface area contributed by atoms with E-state index < -0.39 is 9.84 Å². The number of halogens is 1. The summed E-state index contributed by atoms with van der Waals surface area (Å²) in [6, 6.07) is 6.73. The monoisotopic (exact) mass is 302 g/mol. The van der Waals surface area contributed by atoms with Crippen molar-refractivity contribution in [3.63, 3.8) is 0 Å². The van der Waals surface area contributed by atoms with Crippen LogP contribution < -0.4 is 10.6 Å². The molecule has 0 spiro atoms. The standard InChI is InChI=1S/C12H15ClN2O3S/c13-9-2-1-3-10(6-9)15-12(16)7-14-11-4-5-19(17,18)8-11/h1-3,6,11,14H,4-5,7-8H2,(H,15,16). The van der Waals surface area contributed by atoms with Gasteiger partial charge < -0.3 is 10.6 Å². The molecule has 0 radical (unpaired) electrons. The second-order valence-electron chi connectivity index (χ2n) is 4.54. The lowest BCUT2D eigenvalue weighted by Gasteiger charge is -2.10. The second-order valence-corrected chi connectivity index (χ2v) is 7.20. The Hall–Kier alpha value is -1.11. The van der Waals surface area contributed by atoms with Crippen LogP contribution in [0.3, 0.4) is 0 Å². The van der Waals surface area contributed by atoms with Crippen LogP contribution in [-0.4, -0.2) is 38.4 Å². The number of nitrogens with one attached hydrogen (secondary N) is 2. The van der Waals surface area contributed by atoms with Crippen LogP contribution >= 0.6 is 11.6 Å².